The number of fused-ring (bicyclic) bond motifs is 2. The monoisotopic (exact) mass is 870 g/mol. The number of amides is 2. The zero-order valence-electron chi connectivity index (χ0n) is 33.3. The van der Waals surface area contributed by atoms with Gasteiger partial charge in [0, 0.05) is 71.5 Å². The lowest BCUT2D eigenvalue weighted by molar-refractivity contribution is -0.143. The first-order chi connectivity index (χ1) is 29.6. The van der Waals surface area contributed by atoms with Crippen LogP contribution in [-0.2, 0) is 23.8 Å². The highest BCUT2D eigenvalue weighted by Crippen LogP contribution is 2.36. The number of rotatable bonds is 14. The third-order valence-electron chi connectivity index (χ3n) is 10.4. The maximum absolute atomic E-state index is 12.0. The highest BCUT2D eigenvalue weighted by molar-refractivity contribution is 6.35. The fraction of sp³-hybridized carbons (Fsp3) is 0.289. The van der Waals surface area contributed by atoms with Crippen molar-refractivity contribution in [1.82, 2.24) is 19.8 Å². The van der Waals surface area contributed by atoms with E-state index in [0.29, 0.717) is 79.1 Å². The summed E-state index contributed by atoms with van der Waals surface area (Å²) in [6.07, 6.45) is 4.58. The fourth-order valence-electron chi connectivity index (χ4n) is 7.11. The van der Waals surface area contributed by atoms with E-state index in [0.717, 1.165) is 57.5 Å². The summed E-state index contributed by atoms with van der Waals surface area (Å²) in [5.74, 6) is 0.123. The number of esters is 1. The number of benzene rings is 4. The minimum absolute atomic E-state index is 0.0212. The number of hydrogen-bond donors (Lipinski definition) is 3. The van der Waals surface area contributed by atoms with Gasteiger partial charge in [-0.1, -0.05) is 47.5 Å². The van der Waals surface area contributed by atoms with Gasteiger partial charge in [0.2, 0.25) is 11.8 Å². The van der Waals surface area contributed by atoms with Gasteiger partial charge in [0.15, 0.2) is 0 Å². The first-order valence-corrected chi connectivity index (χ1v) is 20.5. The summed E-state index contributed by atoms with van der Waals surface area (Å²) >= 11 is 12.9. The van der Waals surface area contributed by atoms with Crippen LogP contribution in [0.3, 0.4) is 0 Å². The zero-order chi connectivity index (χ0) is 42.9. The van der Waals surface area contributed by atoms with Crippen molar-refractivity contribution in [2.24, 2.45) is 0 Å². The number of methoxy groups -OCH3 is 1. The van der Waals surface area contributed by atoms with E-state index in [4.69, 9.17) is 46.9 Å². The van der Waals surface area contributed by atoms with Crippen molar-refractivity contribution in [1.29, 1.82) is 0 Å². The number of aromatic nitrogens is 2. The zero-order valence-corrected chi connectivity index (χ0v) is 34.9. The molecule has 6 aromatic rings. The summed E-state index contributed by atoms with van der Waals surface area (Å²) in [6.45, 7) is 5.10. The third kappa shape index (κ3) is 10.5. The summed E-state index contributed by atoms with van der Waals surface area (Å²) in [6, 6.07) is 22.3. The average Bonchev–Trinajstić information content (AvgIpc) is 3.88. The molecule has 0 radical (unpaired) electrons. The van der Waals surface area contributed by atoms with E-state index in [9.17, 15) is 24.3 Å². The third-order valence-corrected chi connectivity index (χ3v) is 11.0. The fourth-order valence-corrected chi connectivity index (χ4v) is 7.66. The van der Waals surface area contributed by atoms with E-state index in [1.807, 2.05) is 54.6 Å². The lowest BCUT2D eigenvalue weighted by Crippen LogP contribution is -2.42. The normalized spacial score (nSPS) is 14.2. The smallest absolute Gasteiger partial charge is 0.340 e. The van der Waals surface area contributed by atoms with Crippen LogP contribution in [0, 0.1) is 0 Å². The molecule has 0 bridgehead atoms. The van der Waals surface area contributed by atoms with Crippen LogP contribution in [0.2, 0.25) is 10.0 Å². The quantitative estimate of drug-likeness (QED) is 0.0727. The summed E-state index contributed by atoms with van der Waals surface area (Å²) < 4.78 is 26.7. The highest BCUT2D eigenvalue weighted by Gasteiger charge is 2.20. The Balaban J connectivity index is 0.000000184. The van der Waals surface area contributed by atoms with Crippen molar-refractivity contribution in [3.05, 3.63) is 106 Å². The van der Waals surface area contributed by atoms with Gasteiger partial charge in [-0.2, -0.15) is 0 Å². The van der Waals surface area contributed by atoms with Crippen molar-refractivity contribution in [2.75, 3.05) is 72.9 Å². The van der Waals surface area contributed by atoms with Crippen molar-refractivity contribution >= 4 is 68.8 Å². The SMILES string of the molecule is COC(=O)c1c[nH]c2cc(Cl)c(-c3ccc(OCCCN4CCOCC4=O)cc3)cc12.O=C(O)c1c[nH]c2cc(Cl)c(-c3ccc(OCCCN4CCOCC4=O)cc3)cc12. The van der Waals surface area contributed by atoms with Gasteiger partial charge < -0.3 is 48.6 Å². The Kier molecular flexibility index (Phi) is 14.1. The Bertz CT molecular complexity index is 2520. The number of carbonyl (C=O) groups excluding carboxylic acids is 3. The van der Waals surface area contributed by atoms with Gasteiger partial charge in [0.1, 0.15) is 24.7 Å². The lowest BCUT2D eigenvalue weighted by atomic mass is 10.0. The minimum Gasteiger partial charge on any atom is -0.494 e. The molecule has 16 heteroatoms. The molecular formula is C45H44Cl2N4O10. The second-order valence-electron chi connectivity index (χ2n) is 14.3. The number of aromatic carboxylic acids is 1. The highest BCUT2D eigenvalue weighted by atomic mass is 35.5. The van der Waals surface area contributed by atoms with Crippen LogP contribution in [0.25, 0.3) is 44.1 Å². The molecule has 0 unspecified atom stereocenters. The predicted molar refractivity (Wildman–Crippen MR) is 231 cm³/mol. The minimum atomic E-state index is -0.989. The van der Waals surface area contributed by atoms with Gasteiger partial charge in [0.05, 0.1) is 54.7 Å². The van der Waals surface area contributed by atoms with Gasteiger partial charge in [0.25, 0.3) is 0 Å². The lowest BCUT2D eigenvalue weighted by Gasteiger charge is -2.26. The number of ether oxygens (including phenoxy) is 5. The molecule has 4 heterocycles. The van der Waals surface area contributed by atoms with E-state index in [1.54, 1.807) is 34.2 Å². The number of morpholine rings is 2. The van der Waals surface area contributed by atoms with Crippen LogP contribution >= 0.6 is 23.2 Å². The molecule has 2 aromatic heterocycles. The Morgan fingerprint density at radius 2 is 1.13 bits per heavy atom. The first-order valence-electron chi connectivity index (χ1n) is 19.7. The number of nitrogens with zero attached hydrogens (tertiary/aromatic N) is 2. The number of halogens is 2. The number of carbonyl (C=O) groups is 4. The number of hydrogen-bond acceptors (Lipinski definition) is 9. The van der Waals surface area contributed by atoms with Crippen LogP contribution in [0.15, 0.2) is 85.2 Å². The molecule has 2 saturated heterocycles. The maximum Gasteiger partial charge on any atom is 0.340 e. The van der Waals surface area contributed by atoms with Crippen LogP contribution < -0.4 is 9.47 Å². The van der Waals surface area contributed by atoms with Crippen LogP contribution in [0.4, 0.5) is 0 Å². The maximum atomic E-state index is 12.0. The van der Waals surface area contributed by atoms with Gasteiger partial charge in [-0.25, -0.2) is 9.59 Å². The molecule has 14 nitrogen and oxygen atoms in total. The molecule has 2 aliphatic rings. The van der Waals surface area contributed by atoms with E-state index < -0.39 is 11.9 Å². The number of carboxylic acids is 1. The van der Waals surface area contributed by atoms with Gasteiger partial charge >= 0.3 is 11.9 Å². The van der Waals surface area contributed by atoms with Crippen molar-refractivity contribution < 1.29 is 48.0 Å². The molecule has 0 aliphatic carbocycles. The van der Waals surface area contributed by atoms with Crippen LogP contribution in [0.5, 0.6) is 11.5 Å². The molecule has 0 atom stereocenters. The largest absolute Gasteiger partial charge is 0.494 e. The van der Waals surface area contributed by atoms with Crippen LogP contribution in [0.1, 0.15) is 33.6 Å². The second kappa shape index (κ2) is 20.0. The molecule has 318 valence electrons. The summed E-state index contributed by atoms with van der Waals surface area (Å²) in [5.41, 5.74) is 5.48. The average molecular weight is 872 g/mol. The molecule has 0 saturated carbocycles. The molecule has 2 amide bonds. The number of carboxylic acid groups (broad SMARTS) is 1. The van der Waals surface area contributed by atoms with Gasteiger partial charge in [-0.15, -0.1) is 0 Å². The summed E-state index contributed by atoms with van der Waals surface area (Å²) in [7, 11) is 1.36. The van der Waals surface area contributed by atoms with Crippen molar-refractivity contribution in [3.63, 3.8) is 0 Å². The van der Waals surface area contributed by atoms with Crippen LogP contribution in [-0.4, -0.2) is 122 Å². The van der Waals surface area contributed by atoms with E-state index in [-0.39, 0.29) is 30.6 Å². The molecule has 3 N–H and O–H groups in total. The number of nitrogens with one attached hydrogen (secondary N) is 2. The Morgan fingerprint density at radius 3 is 1.56 bits per heavy atom. The molecule has 61 heavy (non-hydrogen) atoms. The van der Waals surface area contributed by atoms with E-state index in [2.05, 4.69) is 9.97 Å². The predicted octanol–water partition coefficient (Wildman–Crippen LogP) is 7.72. The van der Waals surface area contributed by atoms with Gasteiger partial charge in [-0.05, 0) is 72.5 Å². The standard InChI is InChI=1S/C23H23ClN2O5.C22H21ClN2O5/c1-29-23(28)19-13-25-21-12-20(24)17(11-18(19)21)15-3-5-16(6-4-15)31-9-2-7-26-8-10-30-14-22(26)27;23-19-11-20-17(18(12-24-20)22(27)28)10-16(19)14-2-4-15(5-3-14)30-8-1-6-25-7-9-29-13-21(25)26/h3-6,11-13,25H,2,7-10,14H2,1H3;2-5,10-12,24H,1,6-9,13H2,(H,27,28). The molecule has 0 spiro atoms. The topological polar surface area (TPSA) is 173 Å². The summed E-state index contributed by atoms with van der Waals surface area (Å²) in [5, 5.41) is 11.8. The molecule has 2 aliphatic heterocycles. The number of H-pyrrole nitrogens is 2. The Labute approximate surface area is 361 Å². The number of aromatic amines is 2. The molecule has 2 fully saturated rings. The van der Waals surface area contributed by atoms with Gasteiger partial charge in [-0.3, -0.25) is 9.59 Å². The van der Waals surface area contributed by atoms with E-state index in [1.165, 1.54) is 13.3 Å². The molecular weight excluding hydrogens is 827 g/mol. The Morgan fingerprint density at radius 1 is 0.689 bits per heavy atom. The first kappa shape index (κ1) is 43.0. The Hall–Kier alpha value is -6.06. The second-order valence-corrected chi connectivity index (χ2v) is 15.1. The van der Waals surface area contributed by atoms with Crippen molar-refractivity contribution in [2.45, 2.75) is 12.8 Å². The van der Waals surface area contributed by atoms with E-state index >= 15 is 0 Å². The molecule has 4 aromatic carbocycles. The summed E-state index contributed by atoms with van der Waals surface area (Å²) in [4.78, 5) is 56.4. The molecule has 8 rings (SSSR count). The van der Waals surface area contributed by atoms with Crippen molar-refractivity contribution in [3.8, 4) is 33.8 Å².